The highest BCUT2D eigenvalue weighted by atomic mass is 16.1. The Bertz CT molecular complexity index is 860. The largest absolute Gasteiger partial charge is 0.294 e. The molecular weight excluding hydrogens is 310 g/mol. The van der Waals surface area contributed by atoms with Gasteiger partial charge < -0.3 is 0 Å². The Balaban J connectivity index is 1.81. The van der Waals surface area contributed by atoms with Gasteiger partial charge in [0.2, 0.25) is 0 Å². The summed E-state index contributed by atoms with van der Waals surface area (Å²) in [5.74, 6) is 0.664. The van der Waals surface area contributed by atoms with Crippen LogP contribution in [-0.2, 0) is 0 Å². The Kier molecular flexibility index (Phi) is 5.83. The number of ketones is 1. The van der Waals surface area contributed by atoms with E-state index in [0.29, 0.717) is 17.8 Å². The Morgan fingerprint density at radius 3 is 2.40 bits per heavy atom. The van der Waals surface area contributed by atoms with Gasteiger partial charge in [0.1, 0.15) is 5.52 Å². The smallest absolute Gasteiger partial charge is 0.183 e. The van der Waals surface area contributed by atoms with E-state index in [1.54, 1.807) is 0 Å². The van der Waals surface area contributed by atoms with Gasteiger partial charge in [-0.2, -0.15) is 0 Å². The fourth-order valence-corrected chi connectivity index (χ4v) is 2.94. The predicted molar refractivity (Wildman–Crippen MR) is 100 cm³/mol. The summed E-state index contributed by atoms with van der Waals surface area (Å²) in [7, 11) is 0. The fourth-order valence-electron chi connectivity index (χ4n) is 2.94. The van der Waals surface area contributed by atoms with E-state index in [4.69, 9.17) is 0 Å². The van der Waals surface area contributed by atoms with E-state index in [-0.39, 0.29) is 5.78 Å². The number of carbonyl (C=O) groups is 1. The molecule has 0 bridgehead atoms. The lowest BCUT2D eigenvalue weighted by molar-refractivity contribution is 0.0979. The van der Waals surface area contributed by atoms with Crippen LogP contribution in [0.2, 0.25) is 0 Å². The Morgan fingerprint density at radius 2 is 1.56 bits per heavy atom. The van der Waals surface area contributed by atoms with Crippen LogP contribution in [0.4, 0.5) is 0 Å². The average Bonchev–Trinajstić information content (AvgIpc) is 2.67. The zero-order valence-corrected chi connectivity index (χ0v) is 14.6. The van der Waals surface area contributed by atoms with Crippen LogP contribution in [0.15, 0.2) is 48.5 Å². The minimum atomic E-state index is 0.156. The number of Topliss-reactive ketones (excluding diaryl/α,β-unsaturated/α-hetero) is 1. The van der Waals surface area contributed by atoms with Crippen LogP contribution in [0.3, 0.4) is 0 Å². The minimum absolute atomic E-state index is 0.156. The molecule has 0 saturated heterocycles. The first-order valence-corrected chi connectivity index (χ1v) is 9.01. The number of hydrogen-bond donors (Lipinski definition) is 0. The second kappa shape index (κ2) is 8.47. The average molecular weight is 333 g/mol. The summed E-state index contributed by atoms with van der Waals surface area (Å²) in [5.41, 5.74) is 3.00. The fraction of sp³-hybridized carbons (Fsp3) is 0.333. The molecule has 3 aromatic rings. The summed E-state index contributed by atoms with van der Waals surface area (Å²) in [6.07, 6.45) is 6.26. The van der Waals surface area contributed by atoms with Gasteiger partial charge in [-0.15, -0.1) is 10.2 Å². The third-order valence-electron chi connectivity index (χ3n) is 4.34. The predicted octanol–water partition coefficient (Wildman–Crippen LogP) is 5.24. The van der Waals surface area contributed by atoms with Crippen LogP contribution in [0.5, 0.6) is 0 Å². The van der Waals surface area contributed by atoms with Crippen molar-refractivity contribution in [3.63, 3.8) is 0 Å². The van der Waals surface area contributed by atoms with Crippen molar-refractivity contribution in [2.45, 2.75) is 45.4 Å². The van der Waals surface area contributed by atoms with Crippen molar-refractivity contribution >= 4 is 16.8 Å². The molecule has 0 aliphatic rings. The first-order chi connectivity index (χ1) is 12.3. The molecule has 0 aliphatic heterocycles. The number of para-hydroxylation sites is 1. The molecule has 4 nitrogen and oxygen atoms in total. The lowest BCUT2D eigenvalue weighted by Gasteiger charge is -2.08. The topological polar surface area (TPSA) is 55.7 Å². The summed E-state index contributed by atoms with van der Waals surface area (Å²) in [6, 6.07) is 15.2. The number of benzene rings is 2. The van der Waals surface area contributed by atoms with Crippen LogP contribution < -0.4 is 0 Å². The molecule has 0 atom stereocenters. The number of hydrogen-bond acceptors (Lipinski definition) is 4. The number of rotatable bonds is 8. The molecule has 0 fully saturated rings. The summed E-state index contributed by atoms with van der Waals surface area (Å²) in [6.45, 7) is 2.19. The second-order valence-corrected chi connectivity index (χ2v) is 6.26. The lowest BCUT2D eigenvalue weighted by atomic mass is 9.98. The number of unbranched alkanes of at least 4 members (excludes halogenated alkanes) is 4. The van der Waals surface area contributed by atoms with Gasteiger partial charge in [-0.05, 0) is 18.6 Å². The van der Waals surface area contributed by atoms with Crippen molar-refractivity contribution in [1.29, 1.82) is 0 Å². The molecule has 0 spiro atoms. The first-order valence-electron chi connectivity index (χ1n) is 9.01. The molecule has 2 aromatic carbocycles. The van der Waals surface area contributed by atoms with E-state index >= 15 is 0 Å². The highest BCUT2D eigenvalue weighted by Crippen LogP contribution is 2.23. The summed E-state index contributed by atoms with van der Waals surface area (Å²) < 4.78 is 0. The van der Waals surface area contributed by atoms with E-state index in [2.05, 4.69) is 22.1 Å². The van der Waals surface area contributed by atoms with E-state index < -0.39 is 0 Å². The van der Waals surface area contributed by atoms with Crippen molar-refractivity contribution < 1.29 is 4.79 Å². The van der Waals surface area contributed by atoms with Gasteiger partial charge in [0, 0.05) is 17.5 Å². The standard InChI is InChI=1S/C21H23N3O/c1-2-3-4-5-6-15-20(25)16-11-7-8-12-17(16)21-22-18-13-9-10-14-19(18)23-24-21/h7-14H,2-6,15H2,1H3. The molecule has 3 rings (SSSR count). The Hall–Kier alpha value is -2.62. The SMILES string of the molecule is CCCCCCCC(=O)c1ccccc1-c1nnc2ccccc2n1. The van der Waals surface area contributed by atoms with Crippen molar-refractivity contribution in [2.75, 3.05) is 0 Å². The highest BCUT2D eigenvalue weighted by molar-refractivity contribution is 6.01. The summed E-state index contributed by atoms with van der Waals surface area (Å²) in [4.78, 5) is 17.2. The van der Waals surface area contributed by atoms with Gasteiger partial charge in [0.25, 0.3) is 0 Å². The van der Waals surface area contributed by atoms with Gasteiger partial charge in [0.05, 0.1) is 5.52 Å². The van der Waals surface area contributed by atoms with Gasteiger partial charge in [-0.25, -0.2) is 4.98 Å². The van der Waals surface area contributed by atoms with Crippen LogP contribution in [0.1, 0.15) is 55.8 Å². The molecule has 4 heteroatoms. The zero-order chi connectivity index (χ0) is 17.5. The minimum Gasteiger partial charge on any atom is -0.294 e. The van der Waals surface area contributed by atoms with Gasteiger partial charge >= 0.3 is 0 Å². The number of fused-ring (bicyclic) bond motifs is 1. The molecule has 0 N–H and O–H groups in total. The Morgan fingerprint density at radius 1 is 0.840 bits per heavy atom. The van der Waals surface area contributed by atoms with Crippen molar-refractivity contribution in [2.24, 2.45) is 0 Å². The summed E-state index contributed by atoms with van der Waals surface area (Å²) >= 11 is 0. The molecule has 0 aliphatic carbocycles. The van der Waals surface area contributed by atoms with Crippen LogP contribution in [0.25, 0.3) is 22.4 Å². The van der Waals surface area contributed by atoms with Crippen LogP contribution >= 0.6 is 0 Å². The highest BCUT2D eigenvalue weighted by Gasteiger charge is 2.14. The second-order valence-electron chi connectivity index (χ2n) is 6.26. The normalized spacial score (nSPS) is 10.9. The van der Waals surface area contributed by atoms with E-state index in [1.807, 2.05) is 48.5 Å². The molecular formula is C21H23N3O. The lowest BCUT2D eigenvalue weighted by Crippen LogP contribution is -2.04. The van der Waals surface area contributed by atoms with Crippen LogP contribution in [-0.4, -0.2) is 21.0 Å². The summed E-state index contributed by atoms with van der Waals surface area (Å²) in [5, 5.41) is 8.46. The molecule has 25 heavy (non-hydrogen) atoms. The molecule has 0 radical (unpaired) electrons. The maximum Gasteiger partial charge on any atom is 0.183 e. The zero-order valence-electron chi connectivity index (χ0n) is 14.6. The van der Waals surface area contributed by atoms with Gasteiger partial charge in [0.15, 0.2) is 11.6 Å². The van der Waals surface area contributed by atoms with E-state index in [1.165, 1.54) is 19.3 Å². The molecule has 0 amide bonds. The first kappa shape index (κ1) is 17.2. The van der Waals surface area contributed by atoms with Gasteiger partial charge in [-0.1, -0.05) is 69.0 Å². The van der Waals surface area contributed by atoms with Crippen molar-refractivity contribution in [3.05, 3.63) is 54.1 Å². The quantitative estimate of drug-likeness (QED) is 0.418. The molecule has 0 saturated carbocycles. The maximum atomic E-state index is 12.7. The van der Waals surface area contributed by atoms with Gasteiger partial charge in [-0.3, -0.25) is 4.79 Å². The van der Waals surface area contributed by atoms with E-state index in [0.717, 1.165) is 29.4 Å². The number of nitrogens with zero attached hydrogens (tertiary/aromatic N) is 3. The molecule has 1 heterocycles. The molecule has 1 aromatic heterocycles. The Labute approximate surface area is 148 Å². The number of carbonyl (C=O) groups excluding carboxylic acids is 1. The molecule has 0 unspecified atom stereocenters. The van der Waals surface area contributed by atoms with Crippen molar-refractivity contribution in [3.8, 4) is 11.4 Å². The molecule has 128 valence electrons. The van der Waals surface area contributed by atoms with Crippen LogP contribution in [0, 0.1) is 0 Å². The van der Waals surface area contributed by atoms with E-state index in [9.17, 15) is 4.79 Å². The third-order valence-corrected chi connectivity index (χ3v) is 4.34. The maximum absolute atomic E-state index is 12.7. The van der Waals surface area contributed by atoms with Crippen molar-refractivity contribution in [1.82, 2.24) is 15.2 Å². The third kappa shape index (κ3) is 4.27. The monoisotopic (exact) mass is 333 g/mol. The number of aromatic nitrogens is 3.